The van der Waals surface area contributed by atoms with Gasteiger partial charge < -0.3 is 4.74 Å². The first kappa shape index (κ1) is 6.74. The second kappa shape index (κ2) is 3.61. The van der Waals surface area contributed by atoms with E-state index in [1.165, 1.54) is 11.9 Å². The highest BCUT2D eigenvalue weighted by molar-refractivity contribution is 8.02. The standard InChI is InChI=1S/C4H9NOS2/c5-8-4-3-7-2-1-6-4/h4H,1-3,5H2. The molecule has 0 amide bonds. The molecule has 48 valence electrons. The van der Waals surface area contributed by atoms with Crippen molar-refractivity contribution in [2.75, 3.05) is 18.1 Å². The van der Waals surface area contributed by atoms with Crippen LogP contribution in [0.2, 0.25) is 0 Å². The van der Waals surface area contributed by atoms with Crippen molar-refractivity contribution >= 4 is 23.7 Å². The lowest BCUT2D eigenvalue weighted by Crippen LogP contribution is -2.20. The van der Waals surface area contributed by atoms with Gasteiger partial charge in [0.05, 0.1) is 6.61 Å². The van der Waals surface area contributed by atoms with Gasteiger partial charge in [0.15, 0.2) is 0 Å². The van der Waals surface area contributed by atoms with Gasteiger partial charge in [-0.05, 0) is 0 Å². The van der Waals surface area contributed by atoms with Gasteiger partial charge in [-0.15, -0.1) is 0 Å². The lowest BCUT2D eigenvalue weighted by molar-refractivity contribution is 0.136. The molecule has 0 aromatic heterocycles. The highest BCUT2D eigenvalue weighted by Gasteiger charge is 2.11. The molecule has 1 atom stereocenters. The number of ether oxygens (including phenoxy) is 1. The summed E-state index contributed by atoms with van der Waals surface area (Å²) in [4.78, 5) is 0. The molecule has 1 aliphatic rings. The molecule has 1 unspecified atom stereocenters. The maximum absolute atomic E-state index is 5.28. The molecule has 4 heteroatoms. The molecule has 1 aliphatic heterocycles. The molecule has 0 radical (unpaired) electrons. The minimum Gasteiger partial charge on any atom is -0.365 e. The molecule has 1 heterocycles. The Kier molecular flexibility index (Phi) is 3.04. The predicted octanol–water partition coefficient (Wildman–Crippen LogP) is 0.683. The monoisotopic (exact) mass is 151 g/mol. The second-order valence-electron chi connectivity index (χ2n) is 1.51. The van der Waals surface area contributed by atoms with Gasteiger partial charge in [-0.1, -0.05) is 11.9 Å². The third-order valence-electron chi connectivity index (χ3n) is 0.937. The Morgan fingerprint density at radius 1 is 1.75 bits per heavy atom. The fourth-order valence-electron chi connectivity index (χ4n) is 0.545. The smallest absolute Gasteiger partial charge is 0.125 e. The van der Waals surface area contributed by atoms with Gasteiger partial charge in [-0.2, -0.15) is 11.8 Å². The molecule has 0 aromatic carbocycles. The van der Waals surface area contributed by atoms with Crippen molar-refractivity contribution in [2.24, 2.45) is 5.14 Å². The predicted molar refractivity (Wildman–Crippen MR) is 38.8 cm³/mol. The van der Waals surface area contributed by atoms with Crippen LogP contribution in [0.3, 0.4) is 0 Å². The van der Waals surface area contributed by atoms with E-state index in [0.29, 0.717) is 0 Å². The lowest BCUT2D eigenvalue weighted by atomic mass is 10.7. The lowest BCUT2D eigenvalue weighted by Gasteiger charge is -2.18. The van der Waals surface area contributed by atoms with E-state index < -0.39 is 0 Å². The van der Waals surface area contributed by atoms with Crippen molar-refractivity contribution < 1.29 is 4.74 Å². The van der Waals surface area contributed by atoms with Crippen LogP contribution in [0.5, 0.6) is 0 Å². The molecule has 8 heavy (non-hydrogen) atoms. The maximum atomic E-state index is 5.28. The molecule has 1 saturated heterocycles. The molecular formula is C4H9NOS2. The zero-order valence-electron chi connectivity index (χ0n) is 4.50. The zero-order chi connectivity index (χ0) is 5.82. The Morgan fingerprint density at radius 3 is 3.00 bits per heavy atom. The van der Waals surface area contributed by atoms with Gasteiger partial charge in [-0.3, -0.25) is 5.14 Å². The van der Waals surface area contributed by atoms with Crippen LogP contribution in [-0.2, 0) is 4.74 Å². The fourth-order valence-corrected chi connectivity index (χ4v) is 1.99. The average Bonchev–Trinajstić information content (AvgIpc) is 1.90. The minimum atomic E-state index is 0.244. The van der Waals surface area contributed by atoms with Crippen LogP contribution in [0, 0.1) is 0 Å². The summed E-state index contributed by atoms with van der Waals surface area (Å²) < 4.78 is 5.24. The van der Waals surface area contributed by atoms with Crippen molar-refractivity contribution in [3.05, 3.63) is 0 Å². The van der Waals surface area contributed by atoms with Crippen molar-refractivity contribution in [1.29, 1.82) is 0 Å². The molecule has 2 N–H and O–H groups in total. The highest BCUT2D eigenvalue weighted by Crippen LogP contribution is 2.17. The van der Waals surface area contributed by atoms with E-state index >= 15 is 0 Å². The summed E-state index contributed by atoms with van der Waals surface area (Å²) in [6, 6.07) is 0. The number of hydrogen-bond donors (Lipinski definition) is 1. The SMILES string of the molecule is NSC1CSCCO1. The molecule has 0 saturated carbocycles. The molecule has 0 bridgehead atoms. The molecule has 1 fully saturated rings. The van der Waals surface area contributed by atoms with Crippen LogP contribution in [0.4, 0.5) is 0 Å². The van der Waals surface area contributed by atoms with Crippen LogP contribution in [0.25, 0.3) is 0 Å². The van der Waals surface area contributed by atoms with Gasteiger partial charge in [-0.25, -0.2) is 0 Å². The van der Waals surface area contributed by atoms with Crippen molar-refractivity contribution in [1.82, 2.24) is 0 Å². The largest absolute Gasteiger partial charge is 0.365 e. The van der Waals surface area contributed by atoms with E-state index in [4.69, 9.17) is 9.88 Å². The second-order valence-corrected chi connectivity index (χ2v) is 3.46. The van der Waals surface area contributed by atoms with Gasteiger partial charge in [0.2, 0.25) is 0 Å². The van der Waals surface area contributed by atoms with Crippen molar-refractivity contribution in [2.45, 2.75) is 5.44 Å². The topological polar surface area (TPSA) is 35.2 Å². The Morgan fingerprint density at radius 2 is 2.62 bits per heavy atom. The van der Waals surface area contributed by atoms with Crippen LogP contribution < -0.4 is 5.14 Å². The average molecular weight is 151 g/mol. The third kappa shape index (κ3) is 1.85. The van der Waals surface area contributed by atoms with Gasteiger partial charge >= 0.3 is 0 Å². The van der Waals surface area contributed by atoms with Crippen LogP contribution in [-0.4, -0.2) is 23.5 Å². The fraction of sp³-hybridized carbons (Fsp3) is 1.00. The Labute approximate surface area is 57.7 Å². The Hall–Kier alpha value is 0.620. The first-order valence-electron chi connectivity index (χ1n) is 2.48. The maximum Gasteiger partial charge on any atom is 0.125 e. The number of hydrogen-bond acceptors (Lipinski definition) is 4. The van der Waals surface area contributed by atoms with E-state index in [9.17, 15) is 0 Å². The van der Waals surface area contributed by atoms with Crippen LogP contribution in [0.15, 0.2) is 0 Å². The Balaban J connectivity index is 2.13. The summed E-state index contributed by atoms with van der Waals surface area (Å²) in [6.07, 6.45) is 0. The molecule has 2 nitrogen and oxygen atoms in total. The third-order valence-corrected chi connectivity index (χ3v) is 2.75. The molecule has 1 rings (SSSR count). The number of nitrogens with two attached hydrogens (primary N) is 1. The van der Waals surface area contributed by atoms with E-state index in [1.807, 2.05) is 11.8 Å². The van der Waals surface area contributed by atoms with E-state index in [2.05, 4.69) is 0 Å². The summed E-state index contributed by atoms with van der Waals surface area (Å²) in [7, 11) is 0. The minimum absolute atomic E-state index is 0.244. The zero-order valence-corrected chi connectivity index (χ0v) is 6.13. The van der Waals surface area contributed by atoms with E-state index in [1.54, 1.807) is 0 Å². The summed E-state index contributed by atoms with van der Waals surface area (Å²) in [5.41, 5.74) is 0.244. The summed E-state index contributed by atoms with van der Waals surface area (Å²) in [5.74, 6) is 2.16. The first-order chi connectivity index (χ1) is 3.93. The molecule has 0 aromatic rings. The number of rotatable bonds is 1. The summed E-state index contributed by atoms with van der Waals surface area (Å²) >= 11 is 3.20. The van der Waals surface area contributed by atoms with Crippen LogP contribution in [0.1, 0.15) is 0 Å². The van der Waals surface area contributed by atoms with Crippen molar-refractivity contribution in [3.63, 3.8) is 0 Å². The molecule has 0 spiro atoms. The normalized spacial score (nSPS) is 30.4. The van der Waals surface area contributed by atoms with E-state index in [0.717, 1.165) is 18.1 Å². The van der Waals surface area contributed by atoms with Gasteiger partial charge in [0.1, 0.15) is 5.44 Å². The quantitative estimate of drug-likeness (QED) is 0.559. The summed E-state index contributed by atoms with van der Waals surface area (Å²) in [6.45, 7) is 0.861. The van der Waals surface area contributed by atoms with Gasteiger partial charge in [0.25, 0.3) is 0 Å². The molecule has 0 aliphatic carbocycles. The van der Waals surface area contributed by atoms with Crippen molar-refractivity contribution in [3.8, 4) is 0 Å². The highest BCUT2D eigenvalue weighted by atomic mass is 32.2. The van der Waals surface area contributed by atoms with Gasteiger partial charge in [0, 0.05) is 11.5 Å². The van der Waals surface area contributed by atoms with E-state index in [-0.39, 0.29) is 5.44 Å². The number of thioether (sulfide) groups is 1. The summed E-state index contributed by atoms with van der Waals surface area (Å²) in [5, 5.41) is 5.28. The van der Waals surface area contributed by atoms with Crippen LogP contribution >= 0.6 is 23.7 Å². The Bertz CT molecular complexity index is 65.1. The molecular weight excluding hydrogens is 142 g/mol. The first-order valence-corrected chi connectivity index (χ1v) is 4.58.